The van der Waals surface area contributed by atoms with Crippen LogP contribution in [0.5, 0.6) is 0 Å². The summed E-state index contributed by atoms with van der Waals surface area (Å²) >= 11 is 0. The number of ether oxygens (including phenoxy) is 1. The number of carboxylic acid groups (broad SMARTS) is 1. The second kappa shape index (κ2) is 5.95. The van der Waals surface area contributed by atoms with Crippen molar-refractivity contribution in [3.63, 3.8) is 0 Å². The lowest BCUT2D eigenvalue weighted by atomic mass is 9.84. The molecule has 1 N–H and O–H groups in total. The molecule has 0 aromatic heterocycles. The fourth-order valence-electron chi connectivity index (χ4n) is 3.84. The molecule has 1 saturated heterocycles. The number of rotatable bonds is 5. The van der Waals surface area contributed by atoms with Crippen molar-refractivity contribution in [2.24, 2.45) is 11.8 Å². The molecule has 0 radical (unpaired) electrons. The average Bonchev–Trinajstić information content (AvgIpc) is 3.22. The third-order valence-electron chi connectivity index (χ3n) is 5.25. The van der Waals surface area contributed by atoms with Crippen molar-refractivity contribution in [3.05, 3.63) is 0 Å². The highest BCUT2D eigenvalue weighted by Gasteiger charge is 2.48. The third kappa shape index (κ3) is 3.07. The zero-order valence-electron chi connectivity index (χ0n) is 12.7. The van der Waals surface area contributed by atoms with Crippen molar-refractivity contribution < 1.29 is 19.4 Å². The molecule has 3 rings (SSSR count). The van der Waals surface area contributed by atoms with E-state index in [9.17, 15) is 14.7 Å². The monoisotopic (exact) mass is 295 g/mol. The van der Waals surface area contributed by atoms with Gasteiger partial charge in [-0.1, -0.05) is 12.8 Å². The molecule has 0 bridgehead atoms. The zero-order chi connectivity index (χ0) is 15.0. The van der Waals surface area contributed by atoms with Crippen LogP contribution < -0.4 is 0 Å². The Kier molecular flexibility index (Phi) is 4.20. The summed E-state index contributed by atoms with van der Waals surface area (Å²) in [7, 11) is 0. The minimum absolute atomic E-state index is 0.110. The molecule has 1 amide bonds. The lowest BCUT2D eigenvalue weighted by Crippen LogP contribution is -2.50. The summed E-state index contributed by atoms with van der Waals surface area (Å²) in [6.45, 7) is 2.40. The van der Waals surface area contributed by atoms with Crippen LogP contribution in [-0.4, -0.2) is 46.7 Å². The molecule has 118 valence electrons. The van der Waals surface area contributed by atoms with Crippen LogP contribution in [0.4, 0.5) is 0 Å². The molecule has 0 aromatic carbocycles. The topological polar surface area (TPSA) is 66.8 Å². The van der Waals surface area contributed by atoms with Gasteiger partial charge in [0.25, 0.3) is 5.91 Å². The van der Waals surface area contributed by atoms with Crippen LogP contribution in [0.3, 0.4) is 0 Å². The van der Waals surface area contributed by atoms with Gasteiger partial charge in [-0.25, -0.2) is 4.79 Å². The number of nitrogens with zero attached hydrogens (tertiary/aromatic N) is 1. The zero-order valence-corrected chi connectivity index (χ0v) is 12.7. The lowest BCUT2D eigenvalue weighted by Gasteiger charge is -2.34. The average molecular weight is 295 g/mol. The van der Waals surface area contributed by atoms with Crippen LogP contribution >= 0.6 is 0 Å². The summed E-state index contributed by atoms with van der Waals surface area (Å²) in [5.74, 6) is -0.0273. The molecule has 0 unspecified atom stereocenters. The first-order valence-corrected chi connectivity index (χ1v) is 8.24. The van der Waals surface area contributed by atoms with Gasteiger partial charge in [-0.05, 0) is 50.9 Å². The molecular formula is C16H25NO4. The van der Waals surface area contributed by atoms with E-state index in [2.05, 4.69) is 0 Å². The molecule has 4 atom stereocenters. The first-order valence-electron chi connectivity index (χ1n) is 8.24. The Morgan fingerprint density at radius 3 is 2.62 bits per heavy atom. The second-order valence-electron chi connectivity index (χ2n) is 6.87. The van der Waals surface area contributed by atoms with Gasteiger partial charge in [-0.2, -0.15) is 0 Å². The smallest absolute Gasteiger partial charge is 0.326 e. The molecule has 3 fully saturated rings. The number of aliphatic carboxylic acids is 1. The summed E-state index contributed by atoms with van der Waals surface area (Å²) < 4.78 is 5.66. The Hall–Kier alpha value is -1.10. The first kappa shape index (κ1) is 14.8. The highest BCUT2D eigenvalue weighted by molar-refractivity contribution is 5.87. The summed E-state index contributed by atoms with van der Waals surface area (Å²) in [6.07, 6.45) is 6.71. The molecule has 2 saturated carbocycles. The highest BCUT2D eigenvalue weighted by Crippen LogP contribution is 2.40. The summed E-state index contributed by atoms with van der Waals surface area (Å²) in [5, 5.41) is 9.45. The van der Waals surface area contributed by atoms with E-state index in [1.165, 1.54) is 12.8 Å². The first-order chi connectivity index (χ1) is 10.1. The maximum Gasteiger partial charge on any atom is 0.326 e. The van der Waals surface area contributed by atoms with Crippen LogP contribution in [0.2, 0.25) is 0 Å². The molecule has 1 heterocycles. The summed E-state index contributed by atoms with van der Waals surface area (Å²) in [4.78, 5) is 25.9. The van der Waals surface area contributed by atoms with E-state index in [0.29, 0.717) is 24.9 Å². The van der Waals surface area contributed by atoms with E-state index < -0.39 is 18.1 Å². The van der Waals surface area contributed by atoms with E-state index in [-0.39, 0.29) is 11.9 Å². The van der Waals surface area contributed by atoms with Gasteiger partial charge in [0.1, 0.15) is 12.1 Å². The van der Waals surface area contributed by atoms with Gasteiger partial charge in [0.15, 0.2) is 0 Å². The van der Waals surface area contributed by atoms with Crippen LogP contribution in [0.1, 0.15) is 51.9 Å². The molecule has 5 nitrogen and oxygen atoms in total. The Morgan fingerprint density at radius 1 is 1.24 bits per heavy atom. The van der Waals surface area contributed by atoms with Gasteiger partial charge >= 0.3 is 5.97 Å². The van der Waals surface area contributed by atoms with Crippen LogP contribution in [0.15, 0.2) is 0 Å². The van der Waals surface area contributed by atoms with Crippen molar-refractivity contribution in [1.29, 1.82) is 0 Å². The number of hydrogen-bond donors (Lipinski definition) is 1. The van der Waals surface area contributed by atoms with E-state index >= 15 is 0 Å². The normalized spacial score (nSPS) is 33.6. The summed E-state index contributed by atoms with van der Waals surface area (Å²) in [6, 6.07) is -0.545. The van der Waals surface area contributed by atoms with Gasteiger partial charge in [-0.3, -0.25) is 4.79 Å². The molecule has 21 heavy (non-hydrogen) atoms. The summed E-state index contributed by atoms with van der Waals surface area (Å²) in [5.41, 5.74) is 0. The van der Waals surface area contributed by atoms with E-state index in [0.717, 1.165) is 25.7 Å². The Morgan fingerprint density at radius 2 is 1.95 bits per heavy atom. The Balaban J connectivity index is 1.68. The largest absolute Gasteiger partial charge is 0.480 e. The highest BCUT2D eigenvalue weighted by atomic mass is 16.5. The number of carboxylic acids is 1. The minimum Gasteiger partial charge on any atom is -0.480 e. The van der Waals surface area contributed by atoms with Gasteiger partial charge in [-0.15, -0.1) is 0 Å². The SMILES string of the molecule is C[C@H](OCC1CC1)C(=O)N1[C@H](C(=O)O)C[C@H]2CCCC[C@@H]21. The van der Waals surface area contributed by atoms with E-state index in [1.807, 2.05) is 0 Å². The molecule has 5 heteroatoms. The third-order valence-corrected chi connectivity index (χ3v) is 5.25. The molecule has 3 aliphatic rings. The number of amides is 1. The van der Waals surface area contributed by atoms with Crippen molar-refractivity contribution in [2.45, 2.75) is 70.1 Å². The van der Waals surface area contributed by atoms with Gasteiger partial charge in [0.2, 0.25) is 0 Å². The molecular weight excluding hydrogens is 270 g/mol. The predicted octanol–water partition coefficient (Wildman–Crippen LogP) is 2.05. The lowest BCUT2D eigenvalue weighted by molar-refractivity contribution is -0.155. The quantitative estimate of drug-likeness (QED) is 0.843. The Bertz CT molecular complexity index is 421. The molecule has 0 aromatic rings. The number of carbonyl (C=O) groups is 2. The fraction of sp³-hybridized carbons (Fsp3) is 0.875. The van der Waals surface area contributed by atoms with Crippen LogP contribution in [0, 0.1) is 11.8 Å². The van der Waals surface area contributed by atoms with Crippen LogP contribution in [-0.2, 0) is 14.3 Å². The number of likely N-dealkylation sites (tertiary alicyclic amines) is 1. The van der Waals surface area contributed by atoms with Gasteiger partial charge in [0, 0.05) is 6.04 Å². The number of carbonyl (C=O) groups excluding carboxylic acids is 1. The standard InChI is InChI=1S/C16H25NO4/c1-10(21-9-11-6-7-11)15(18)17-13-5-3-2-4-12(13)8-14(17)16(19)20/h10-14H,2-9H2,1H3,(H,19,20)/t10-,12+,13-,14-/m0/s1. The van der Waals surface area contributed by atoms with Crippen LogP contribution in [0.25, 0.3) is 0 Å². The van der Waals surface area contributed by atoms with E-state index in [1.54, 1.807) is 11.8 Å². The predicted molar refractivity (Wildman–Crippen MR) is 76.8 cm³/mol. The Labute approximate surface area is 125 Å². The number of fused-ring (bicyclic) bond motifs is 1. The molecule has 1 aliphatic heterocycles. The molecule has 2 aliphatic carbocycles. The molecule has 0 spiro atoms. The van der Waals surface area contributed by atoms with Crippen molar-refractivity contribution >= 4 is 11.9 Å². The van der Waals surface area contributed by atoms with Gasteiger partial charge < -0.3 is 14.7 Å². The van der Waals surface area contributed by atoms with Crippen molar-refractivity contribution in [1.82, 2.24) is 4.90 Å². The van der Waals surface area contributed by atoms with Gasteiger partial charge in [0.05, 0.1) is 6.61 Å². The van der Waals surface area contributed by atoms with Crippen molar-refractivity contribution in [3.8, 4) is 0 Å². The van der Waals surface area contributed by atoms with Crippen molar-refractivity contribution in [2.75, 3.05) is 6.61 Å². The number of hydrogen-bond acceptors (Lipinski definition) is 3. The fourth-order valence-corrected chi connectivity index (χ4v) is 3.84. The maximum absolute atomic E-state index is 12.7. The second-order valence-corrected chi connectivity index (χ2v) is 6.87. The minimum atomic E-state index is -0.868. The van der Waals surface area contributed by atoms with E-state index in [4.69, 9.17) is 4.74 Å². The maximum atomic E-state index is 12.7.